The summed E-state index contributed by atoms with van der Waals surface area (Å²) < 4.78 is 5.48. The van der Waals surface area contributed by atoms with E-state index in [-0.39, 0.29) is 5.69 Å². The summed E-state index contributed by atoms with van der Waals surface area (Å²) in [7, 11) is 3.77. The van der Waals surface area contributed by atoms with Crippen LogP contribution in [0.25, 0.3) is 0 Å². The van der Waals surface area contributed by atoms with Gasteiger partial charge in [-0.3, -0.25) is 15.5 Å². The summed E-state index contributed by atoms with van der Waals surface area (Å²) in [6, 6.07) is 9.64. The van der Waals surface area contributed by atoms with Gasteiger partial charge in [0, 0.05) is 32.3 Å². The van der Waals surface area contributed by atoms with Gasteiger partial charge in [0.2, 0.25) is 0 Å². The minimum atomic E-state index is -0.446. The molecule has 20 heavy (non-hydrogen) atoms. The molecule has 0 atom stereocenters. The Kier molecular flexibility index (Phi) is 3.99. The second-order valence-corrected chi connectivity index (χ2v) is 4.24. The molecule has 1 N–H and O–H groups in total. The number of nitrogens with one attached hydrogen (secondary N) is 1. The van der Waals surface area contributed by atoms with Crippen LogP contribution in [0.2, 0.25) is 0 Å². The molecule has 0 spiro atoms. The highest BCUT2D eigenvalue weighted by atomic mass is 16.6. The van der Waals surface area contributed by atoms with E-state index in [0.717, 1.165) is 5.88 Å². The number of benzene rings is 1. The van der Waals surface area contributed by atoms with Gasteiger partial charge in [-0.2, -0.15) is 5.10 Å². The normalized spacial score (nSPS) is 10.7. The minimum Gasteiger partial charge on any atom is -0.440 e. The zero-order valence-electron chi connectivity index (χ0n) is 11.1. The molecule has 1 heterocycles. The van der Waals surface area contributed by atoms with E-state index in [0.29, 0.717) is 11.4 Å². The second-order valence-electron chi connectivity index (χ2n) is 4.24. The fraction of sp³-hybridized carbons (Fsp3) is 0.154. The molecule has 1 aromatic heterocycles. The fourth-order valence-corrected chi connectivity index (χ4v) is 1.48. The first kappa shape index (κ1) is 13.6. The summed E-state index contributed by atoms with van der Waals surface area (Å²) in [4.78, 5) is 11.9. The largest absolute Gasteiger partial charge is 0.440 e. The lowest BCUT2D eigenvalue weighted by Crippen LogP contribution is -2.06. The van der Waals surface area contributed by atoms with Crippen LogP contribution in [-0.4, -0.2) is 25.2 Å². The number of rotatable bonds is 5. The summed E-state index contributed by atoms with van der Waals surface area (Å²) in [5.74, 6) is 1.35. The number of nitrogens with zero attached hydrogens (tertiary/aromatic N) is 3. The predicted octanol–water partition coefficient (Wildman–Crippen LogP) is 2.70. The lowest BCUT2D eigenvalue weighted by Gasteiger charge is -2.05. The quantitative estimate of drug-likeness (QED) is 0.515. The Bertz CT molecular complexity index is 617. The van der Waals surface area contributed by atoms with Gasteiger partial charge in [-0.15, -0.1) is 0 Å². The monoisotopic (exact) mass is 274 g/mol. The van der Waals surface area contributed by atoms with E-state index in [1.165, 1.54) is 18.3 Å². The third-order valence-electron chi connectivity index (χ3n) is 2.52. The van der Waals surface area contributed by atoms with Crippen molar-refractivity contribution in [3.8, 4) is 0 Å². The number of nitro benzene ring substituents is 1. The van der Waals surface area contributed by atoms with Crippen LogP contribution < -0.4 is 10.3 Å². The molecule has 2 aromatic rings. The zero-order valence-corrected chi connectivity index (χ0v) is 11.1. The molecule has 104 valence electrons. The van der Waals surface area contributed by atoms with Gasteiger partial charge in [0.05, 0.1) is 16.8 Å². The molecule has 0 saturated carbocycles. The highest BCUT2D eigenvalue weighted by Crippen LogP contribution is 2.16. The van der Waals surface area contributed by atoms with E-state index in [4.69, 9.17) is 4.42 Å². The zero-order chi connectivity index (χ0) is 14.5. The van der Waals surface area contributed by atoms with Crippen molar-refractivity contribution in [3.63, 3.8) is 0 Å². The SMILES string of the molecule is CN(C)c1ccc(/C=N\Nc2ccc([N+](=O)[O-])cc2)o1. The smallest absolute Gasteiger partial charge is 0.269 e. The van der Waals surface area contributed by atoms with Crippen LogP contribution in [0.4, 0.5) is 17.3 Å². The molecule has 0 aliphatic rings. The van der Waals surface area contributed by atoms with E-state index in [1.807, 2.05) is 25.1 Å². The van der Waals surface area contributed by atoms with Crippen LogP contribution in [0.3, 0.4) is 0 Å². The summed E-state index contributed by atoms with van der Waals surface area (Å²) in [6.45, 7) is 0. The third-order valence-corrected chi connectivity index (χ3v) is 2.52. The second kappa shape index (κ2) is 5.87. The van der Waals surface area contributed by atoms with E-state index >= 15 is 0 Å². The van der Waals surface area contributed by atoms with E-state index in [9.17, 15) is 10.1 Å². The molecule has 0 amide bonds. The molecule has 0 saturated heterocycles. The Labute approximate surface area is 115 Å². The van der Waals surface area contributed by atoms with Crippen molar-refractivity contribution in [2.24, 2.45) is 5.10 Å². The number of furan rings is 1. The summed E-state index contributed by atoms with van der Waals surface area (Å²) in [5, 5.41) is 14.5. The van der Waals surface area contributed by atoms with E-state index < -0.39 is 4.92 Å². The molecule has 0 unspecified atom stereocenters. The number of nitro groups is 1. The molecule has 7 heteroatoms. The summed E-state index contributed by atoms with van der Waals surface area (Å²) >= 11 is 0. The van der Waals surface area contributed by atoms with Crippen molar-refractivity contribution in [2.45, 2.75) is 0 Å². The number of hydrogen-bond donors (Lipinski definition) is 1. The molecule has 2 rings (SSSR count). The number of hydrazone groups is 1. The van der Waals surface area contributed by atoms with Gasteiger partial charge in [0.1, 0.15) is 5.76 Å². The third kappa shape index (κ3) is 3.35. The van der Waals surface area contributed by atoms with Gasteiger partial charge in [0.25, 0.3) is 5.69 Å². The van der Waals surface area contributed by atoms with Crippen LogP contribution >= 0.6 is 0 Å². The molecular weight excluding hydrogens is 260 g/mol. The average molecular weight is 274 g/mol. The Morgan fingerprint density at radius 1 is 1.25 bits per heavy atom. The molecule has 1 aromatic carbocycles. The van der Waals surface area contributed by atoms with Gasteiger partial charge >= 0.3 is 0 Å². The summed E-state index contributed by atoms with van der Waals surface area (Å²) in [5.41, 5.74) is 3.47. The first-order valence-corrected chi connectivity index (χ1v) is 5.87. The van der Waals surface area contributed by atoms with Crippen molar-refractivity contribution >= 4 is 23.5 Å². The molecule has 0 bridgehead atoms. The standard InChI is InChI=1S/C13H14N4O3/c1-16(2)13-8-7-12(20-13)9-14-15-10-3-5-11(6-4-10)17(18)19/h3-9,15H,1-2H3/b14-9-. The molecule has 7 nitrogen and oxygen atoms in total. The Morgan fingerprint density at radius 2 is 1.95 bits per heavy atom. The van der Waals surface area contributed by atoms with E-state index in [2.05, 4.69) is 10.5 Å². The number of hydrogen-bond acceptors (Lipinski definition) is 6. The van der Waals surface area contributed by atoms with Crippen LogP contribution in [0.1, 0.15) is 5.76 Å². The lowest BCUT2D eigenvalue weighted by molar-refractivity contribution is -0.384. The van der Waals surface area contributed by atoms with Crippen LogP contribution in [0.15, 0.2) is 45.9 Å². The van der Waals surface area contributed by atoms with Gasteiger partial charge in [0.15, 0.2) is 5.88 Å². The molecule has 0 aliphatic carbocycles. The van der Waals surface area contributed by atoms with Crippen molar-refractivity contribution in [1.82, 2.24) is 0 Å². The first-order valence-electron chi connectivity index (χ1n) is 5.87. The minimum absolute atomic E-state index is 0.0428. The topological polar surface area (TPSA) is 83.9 Å². The number of anilines is 2. The van der Waals surface area contributed by atoms with Crippen LogP contribution in [0.5, 0.6) is 0 Å². The first-order chi connectivity index (χ1) is 9.56. The Balaban J connectivity index is 1.96. The van der Waals surface area contributed by atoms with E-state index in [1.54, 1.807) is 18.2 Å². The average Bonchev–Trinajstić information content (AvgIpc) is 2.88. The van der Waals surface area contributed by atoms with Gasteiger partial charge in [-0.05, 0) is 18.2 Å². The Morgan fingerprint density at radius 3 is 2.50 bits per heavy atom. The molecular formula is C13H14N4O3. The maximum absolute atomic E-state index is 10.5. The van der Waals surface area contributed by atoms with Gasteiger partial charge < -0.3 is 9.32 Å². The lowest BCUT2D eigenvalue weighted by atomic mass is 10.3. The number of non-ortho nitro benzene ring substituents is 1. The Hall–Kier alpha value is -2.83. The fourth-order valence-electron chi connectivity index (χ4n) is 1.48. The molecule has 0 radical (unpaired) electrons. The van der Waals surface area contributed by atoms with Gasteiger partial charge in [-0.25, -0.2) is 0 Å². The highest BCUT2D eigenvalue weighted by molar-refractivity contribution is 5.77. The van der Waals surface area contributed by atoms with Crippen molar-refractivity contribution in [2.75, 3.05) is 24.4 Å². The van der Waals surface area contributed by atoms with Crippen LogP contribution in [0, 0.1) is 10.1 Å². The summed E-state index contributed by atoms with van der Waals surface area (Å²) in [6.07, 6.45) is 1.54. The molecule has 0 aliphatic heterocycles. The predicted molar refractivity (Wildman–Crippen MR) is 77.3 cm³/mol. The van der Waals surface area contributed by atoms with Crippen molar-refractivity contribution in [1.29, 1.82) is 0 Å². The van der Waals surface area contributed by atoms with Gasteiger partial charge in [-0.1, -0.05) is 0 Å². The molecule has 0 fully saturated rings. The maximum Gasteiger partial charge on any atom is 0.269 e. The van der Waals surface area contributed by atoms with Crippen LogP contribution in [-0.2, 0) is 0 Å². The van der Waals surface area contributed by atoms with Crippen molar-refractivity contribution < 1.29 is 9.34 Å². The van der Waals surface area contributed by atoms with Crippen molar-refractivity contribution in [3.05, 3.63) is 52.3 Å². The maximum atomic E-state index is 10.5. The highest BCUT2D eigenvalue weighted by Gasteiger charge is 2.03.